The molecule has 0 aliphatic rings. The van der Waals surface area contributed by atoms with Gasteiger partial charge in [0.15, 0.2) is 11.6 Å². The van der Waals surface area contributed by atoms with Gasteiger partial charge in [0.25, 0.3) is 0 Å². The molecule has 0 aliphatic carbocycles. The van der Waals surface area contributed by atoms with Gasteiger partial charge >= 0.3 is 0 Å². The SMILES string of the molecule is N#Cc1ccc(Oc2cccc(F)c2C#N)c(F)c1Br. The molecular weight excluding hydrogens is 330 g/mol. The molecule has 20 heavy (non-hydrogen) atoms. The number of rotatable bonds is 2. The molecule has 98 valence electrons. The lowest BCUT2D eigenvalue weighted by molar-refractivity contribution is 0.435. The molecule has 0 amide bonds. The molecule has 3 nitrogen and oxygen atoms in total. The molecule has 0 saturated heterocycles. The second-order valence-corrected chi connectivity index (χ2v) is 4.47. The quantitative estimate of drug-likeness (QED) is 0.824. The third-order valence-electron chi connectivity index (χ3n) is 2.47. The van der Waals surface area contributed by atoms with Crippen molar-refractivity contribution in [3.63, 3.8) is 0 Å². The van der Waals surface area contributed by atoms with Crippen LogP contribution in [0.5, 0.6) is 11.5 Å². The van der Waals surface area contributed by atoms with E-state index < -0.39 is 11.6 Å². The summed E-state index contributed by atoms with van der Waals surface area (Å²) in [4.78, 5) is 0. The van der Waals surface area contributed by atoms with Crippen LogP contribution in [-0.4, -0.2) is 0 Å². The monoisotopic (exact) mass is 334 g/mol. The number of ether oxygens (including phenoxy) is 1. The van der Waals surface area contributed by atoms with Gasteiger partial charge in [0.1, 0.15) is 29.3 Å². The van der Waals surface area contributed by atoms with Gasteiger partial charge in [-0.05, 0) is 40.2 Å². The summed E-state index contributed by atoms with van der Waals surface area (Å²) in [5.41, 5.74) is -0.206. The molecule has 2 aromatic carbocycles. The van der Waals surface area contributed by atoms with Crippen molar-refractivity contribution in [1.82, 2.24) is 0 Å². The van der Waals surface area contributed by atoms with Crippen LogP contribution in [0.2, 0.25) is 0 Å². The number of hydrogen-bond donors (Lipinski definition) is 0. The lowest BCUT2D eigenvalue weighted by Gasteiger charge is -2.10. The fraction of sp³-hybridized carbons (Fsp3) is 0. The minimum atomic E-state index is -0.794. The largest absolute Gasteiger partial charge is 0.453 e. The fourth-order valence-electron chi connectivity index (χ4n) is 1.51. The van der Waals surface area contributed by atoms with E-state index in [2.05, 4.69) is 15.9 Å². The average Bonchev–Trinajstić information content (AvgIpc) is 2.44. The van der Waals surface area contributed by atoms with Gasteiger partial charge in [0, 0.05) is 0 Å². The smallest absolute Gasteiger partial charge is 0.181 e. The van der Waals surface area contributed by atoms with Crippen LogP contribution >= 0.6 is 15.9 Å². The molecule has 0 N–H and O–H groups in total. The molecule has 2 rings (SSSR count). The first-order valence-corrected chi connectivity index (χ1v) is 6.12. The van der Waals surface area contributed by atoms with E-state index in [1.165, 1.54) is 24.3 Å². The summed E-state index contributed by atoms with van der Waals surface area (Å²) in [6.45, 7) is 0. The molecule has 0 aromatic heterocycles. The molecule has 6 heteroatoms. The average molecular weight is 335 g/mol. The first-order chi connectivity index (χ1) is 9.58. The Morgan fingerprint density at radius 3 is 2.40 bits per heavy atom. The van der Waals surface area contributed by atoms with E-state index in [1.807, 2.05) is 0 Å². The van der Waals surface area contributed by atoms with Gasteiger partial charge in [-0.15, -0.1) is 0 Å². The van der Waals surface area contributed by atoms with Crippen LogP contribution in [0.4, 0.5) is 8.78 Å². The maximum Gasteiger partial charge on any atom is 0.181 e. The van der Waals surface area contributed by atoms with E-state index in [0.29, 0.717) is 0 Å². The highest BCUT2D eigenvalue weighted by molar-refractivity contribution is 9.10. The van der Waals surface area contributed by atoms with Crippen molar-refractivity contribution < 1.29 is 13.5 Å². The van der Waals surface area contributed by atoms with E-state index in [9.17, 15) is 8.78 Å². The van der Waals surface area contributed by atoms with Gasteiger partial charge in [-0.1, -0.05) is 6.07 Å². The lowest BCUT2D eigenvalue weighted by atomic mass is 10.2. The van der Waals surface area contributed by atoms with Crippen molar-refractivity contribution in [2.24, 2.45) is 0 Å². The van der Waals surface area contributed by atoms with Gasteiger partial charge in [-0.3, -0.25) is 0 Å². The van der Waals surface area contributed by atoms with Crippen LogP contribution in [0, 0.1) is 34.3 Å². The first kappa shape index (κ1) is 14.0. The summed E-state index contributed by atoms with van der Waals surface area (Å²) >= 11 is 2.94. The molecule has 0 unspecified atom stereocenters. The molecule has 2 aromatic rings. The number of halogens is 3. The van der Waals surface area contributed by atoms with Gasteiger partial charge in [-0.25, -0.2) is 8.78 Å². The third kappa shape index (κ3) is 2.47. The van der Waals surface area contributed by atoms with Crippen LogP contribution in [0.25, 0.3) is 0 Å². The molecule has 0 radical (unpaired) electrons. The zero-order valence-electron chi connectivity index (χ0n) is 9.82. The molecule has 0 aliphatic heterocycles. The van der Waals surface area contributed by atoms with E-state index in [1.54, 1.807) is 12.1 Å². The van der Waals surface area contributed by atoms with Crippen molar-refractivity contribution in [1.29, 1.82) is 10.5 Å². The van der Waals surface area contributed by atoms with Crippen molar-refractivity contribution in [2.75, 3.05) is 0 Å². The zero-order valence-corrected chi connectivity index (χ0v) is 11.4. The van der Waals surface area contributed by atoms with Crippen LogP contribution in [0.1, 0.15) is 11.1 Å². The minimum Gasteiger partial charge on any atom is -0.453 e. The number of nitrogens with zero attached hydrogens (tertiary/aromatic N) is 2. The Morgan fingerprint density at radius 1 is 1.00 bits per heavy atom. The molecule has 0 saturated carbocycles. The zero-order chi connectivity index (χ0) is 14.7. The van der Waals surface area contributed by atoms with E-state index >= 15 is 0 Å². The predicted octanol–water partition coefficient (Wildman–Crippen LogP) is 4.26. The number of nitriles is 2. The predicted molar refractivity (Wildman–Crippen MR) is 70.0 cm³/mol. The fourth-order valence-corrected chi connectivity index (χ4v) is 1.93. The highest BCUT2D eigenvalue weighted by Crippen LogP contribution is 2.33. The maximum absolute atomic E-state index is 14.0. The van der Waals surface area contributed by atoms with E-state index in [4.69, 9.17) is 15.3 Å². The van der Waals surface area contributed by atoms with Crippen molar-refractivity contribution in [3.8, 4) is 23.6 Å². The maximum atomic E-state index is 14.0. The normalized spacial score (nSPS) is 9.65. The van der Waals surface area contributed by atoms with Crippen LogP contribution in [0.3, 0.4) is 0 Å². The number of hydrogen-bond acceptors (Lipinski definition) is 3. The summed E-state index contributed by atoms with van der Waals surface area (Å²) in [5, 5.41) is 17.6. The highest BCUT2D eigenvalue weighted by atomic mass is 79.9. The summed E-state index contributed by atoms with van der Waals surface area (Å²) < 4.78 is 32.5. The third-order valence-corrected chi connectivity index (χ3v) is 3.25. The lowest BCUT2D eigenvalue weighted by Crippen LogP contribution is -1.95. The second-order valence-electron chi connectivity index (χ2n) is 3.68. The Balaban J connectivity index is 2.47. The minimum absolute atomic E-state index is 0.0487. The van der Waals surface area contributed by atoms with Gasteiger partial charge in [-0.2, -0.15) is 10.5 Å². The van der Waals surface area contributed by atoms with Crippen LogP contribution in [0.15, 0.2) is 34.8 Å². The Labute approximate surface area is 121 Å². The summed E-state index contributed by atoms with van der Waals surface area (Å²) in [5.74, 6) is -1.85. The van der Waals surface area contributed by atoms with Crippen LogP contribution in [-0.2, 0) is 0 Å². The Hall–Kier alpha value is -2.44. The Kier molecular flexibility index (Phi) is 3.97. The van der Waals surface area contributed by atoms with Crippen molar-refractivity contribution >= 4 is 15.9 Å². The van der Waals surface area contributed by atoms with E-state index in [-0.39, 0.29) is 27.1 Å². The molecule has 0 fully saturated rings. The van der Waals surface area contributed by atoms with Crippen LogP contribution < -0.4 is 4.74 Å². The first-order valence-electron chi connectivity index (χ1n) is 5.33. The number of benzene rings is 2. The molecule has 0 heterocycles. The Bertz CT molecular complexity index is 763. The Morgan fingerprint density at radius 2 is 1.75 bits per heavy atom. The van der Waals surface area contributed by atoms with E-state index in [0.717, 1.165) is 6.07 Å². The molecular formula is C14H5BrF2N2O. The standard InChI is InChI=1S/C14H5BrF2N2O/c15-13-8(6-18)4-5-12(14(13)17)20-11-3-1-2-10(16)9(11)7-19/h1-5H. The molecule has 0 bridgehead atoms. The second kappa shape index (κ2) is 5.68. The summed E-state index contributed by atoms with van der Waals surface area (Å²) in [7, 11) is 0. The molecule has 0 atom stereocenters. The topological polar surface area (TPSA) is 56.8 Å². The van der Waals surface area contributed by atoms with Gasteiger partial charge in [0.05, 0.1) is 10.0 Å². The van der Waals surface area contributed by atoms with Gasteiger partial charge < -0.3 is 4.74 Å². The van der Waals surface area contributed by atoms with Crippen molar-refractivity contribution in [2.45, 2.75) is 0 Å². The van der Waals surface area contributed by atoms with Crippen molar-refractivity contribution in [3.05, 3.63) is 57.6 Å². The summed E-state index contributed by atoms with van der Waals surface area (Å²) in [6, 6.07) is 9.87. The summed E-state index contributed by atoms with van der Waals surface area (Å²) in [6.07, 6.45) is 0. The molecule has 0 spiro atoms. The van der Waals surface area contributed by atoms with Gasteiger partial charge in [0.2, 0.25) is 0 Å². The highest BCUT2D eigenvalue weighted by Gasteiger charge is 2.15.